The number of nitrogens with zero attached hydrogens (tertiary/aromatic N) is 5. The van der Waals surface area contributed by atoms with E-state index in [4.69, 9.17) is 9.15 Å². The number of amides is 2. The lowest BCUT2D eigenvalue weighted by Gasteiger charge is -2.34. The molecule has 0 unspecified atom stereocenters. The summed E-state index contributed by atoms with van der Waals surface area (Å²) in [5.74, 6) is 0.755. The lowest BCUT2D eigenvalue weighted by Crippen LogP contribution is -2.50. The standard InChI is InChI=1S/C18H21N5O4/c24-17(14-12-20-16(13-19-14)21-7-10-26-11-8-21)22-3-5-23(6-4-22)18(25)15-2-1-9-27-15/h1-2,9,12-13H,3-8,10-11H2. The summed E-state index contributed by atoms with van der Waals surface area (Å²) >= 11 is 0. The van der Waals surface area contributed by atoms with Gasteiger partial charge in [0.15, 0.2) is 5.76 Å². The summed E-state index contributed by atoms with van der Waals surface area (Å²) in [7, 11) is 0. The van der Waals surface area contributed by atoms with Crippen LogP contribution in [0.2, 0.25) is 0 Å². The maximum absolute atomic E-state index is 12.7. The molecule has 142 valence electrons. The molecule has 2 saturated heterocycles. The first kappa shape index (κ1) is 17.5. The van der Waals surface area contributed by atoms with Crippen molar-refractivity contribution in [2.75, 3.05) is 57.4 Å². The molecule has 0 spiro atoms. The molecule has 0 saturated carbocycles. The zero-order chi connectivity index (χ0) is 18.6. The van der Waals surface area contributed by atoms with Crippen LogP contribution >= 0.6 is 0 Å². The Balaban J connectivity index is 1.34. The molecule has 2 aromatic heterocycles. The quantitative estimate of drug-likeness (QED) is 0.776. The number of carbonyl (C=O) groups is 2. The summed E-state index contributed by atoms with van der Waals surface area (Å²) in [4.78, 5) is 39.1. The molecule has 0 atom stereocenters. The zero-order valence-corrected chi connectivity index (χ0v) is 14.9. The highest BCUT2D eigenvalue weighted by Crippen LogP contribution is 2.14. The number of piperazine rings is 1. The fraction of sp³-hybridized carbons (Fsp3) is 0.444. The molecule has 4 heterocycles. The van der Waals surface area contributed by atoms with E-state index >= 15 is 0 Å². The van der Waals surface area contributed by atoms with Gasteiger partial charge in [-0.25, -0.2) is 9.97 Å². The highest BCUT2D eigenvalue weighted by molar-refractivity contribution is 5.93. The molecule has 0 aromatic carbocycles. The minimum absolute atomic E-state index is 0.151. The van der Waals surface area contributed by atoms with Crippen molar-refractivity contribution in [2.24, 2.45) is 0 Å². The van der Waals surface area contributed by atoms with Crippen molar-refractivity contribution in [3.8, 4) is 0 Å². The van der Waals surface area contributed by atoms with Gasteiger partial charge in [-0.2, -0.15) is 0 Å². The second kappa shape index (κ2) is 7.75. The molecule has 4 rings (SSSR count). The largest absolute Gasteiger partial charge is 0.459 e. The molecule has 9 nitrogen and oxygen atoms in total. The summed E-state index contributed by atoms with van der Waals surface area (Å²) in [6, 6.07) is 3.33. The van der Waals surface area contributed by atoms with E-state index in [0.29, 0.717) is 50.8 Å². The number of hydrogen-bond donors (Lipinski definition) is 0. The van der Waals surface area contributed by atoms with Crippen molar-refractivity contribution in [1.82, 2.24) is 19.8 Å². The van der Waals surface area contributed by atoms with Crippen molar-refractivity contribution in [2.45, 2.75) is 0 Å². The Morgan fingerprint density at radius 1 is 0.889 bits per heavy atom. The van der Waals surface area contributed by atoms with Gasteiger partial charge in [0, 0.05) is 39.3 Å². The van der Waals surface area contributed by atoms with E-state index in [1.54, 1.807) is 28.1 Å². The minimum atomic E-state index is -0.166. The molecule has 27 heavy (non-hydrogen) atoms. The molecule has 2 amide bonds. The normalized spacial score (nSPS) is 17.9. The molecule has 2 aromatic rings. The van der Waals surface area contributed by atoms with Crippen molar-refractivity contribution >= 4 is 17.6 Å². The van der Waals surface area contributed by atoms with Gasteiger partial charge >= 0.3 is 0 Å². The first-order valence-corrected chi connectivity index (χ1v) is 8.99. The number of ether oxygens (including phenoxy) is 1. The number of aromatic nitrogens is 2. The second-order valence-electron chi connectivity index (χ2n) is 6.42. The third-order valence-electron chi connectivity index (χ3n) is 4.78. The van der Waals surface area contributed by atoms with Gasteiger partial charge in [-0.15, -0.1) is 0 Å². The Labute approximate surface area is 156 Å². The summed E-state index contributed by atoms with van der Waals surface area (Å²) in [6.07, 6.45) is 4.63. The highest BCUT2D eigenvalue weighted by atomic mass is 16.5. The smallest absolute Gasteiger partial charge is 0.289 e. The number of anilines is 1. The van der Waals surface area contributed by atoms with Crippen LogP contribution in [0, 0.1) is 0 Å². The highest BCUT2D eigenvalue weighted by Gasteiger charge is 2.27. The van der Waals surface area contributed by atoms with Crippen LogP contribution in [0.3, 0.4) is 0 Å². The molecule has 2 aliphatic heterocycles. The Hall–Kier alpha value is -2.94. The first-order chi connectivity index (χ1) is 13.2. The van der Waals surface area contributed by atoms with Crippen LogP contribution in [-0.2, 0) is 4.74 Å². The Morgan fingerprint density at radius 3 is 2.19 bits per heavy atom. The molecule has 0 N–H and O–H groups in total. The average molecular weight is 371 g/mol. The zero-order valence-electron chi connectivity index (χ0n) is 14.9. The van der Waals surface area contributed by atoms with Gasteiger partial charge in [-0.05, 0) is 12.1 Å². The SMILES string of the molecule is O=C(c1cnc(N2CCOCC2)cn1)N1CCN(C(=O)c2ccco2)CC1. The summed E-state index contributed by atoms with van der Waals surface area (Å²) < 4.78 is 10.5. The number of hydrogen-bond acceptors (Lipinski definition) is 7. The second-order valence-corrected chi connectivity index (χ2v) is 6.42. The molecule has 9 heteroatoms. The van der Waals surface area contributed by atoms with E-state index in [-0.39, 0.29) is 11.8 Å². The van der Waals surface area contributed by atoms with Gasteiger partial charge in [-0.1, -0.05) is 0 Å². The van der Waals surface area contributed by atoms with Gasteiger partial charge in [-0.3, -0.25) is 9.59 Å². The van der Waals surface area contributed by atoms with E-state index in [0.717, 1.165) is 18.9 Å². The van der Waals surface area contributed by atoms with Gasteiger partial charge in [0.1, 0.15) is 11.5 Å². The van der Waals surface area contributed by atoms with Gasteiger partial charge < -0.3 is 23.9 Å². The van der Waals surface area contributed by atoms with Crippen LogP contribution in [0.4, 0.5) is 5.82 Å². The van der Waals surface area contributed by atoms with Crippen LogP contribution in [-0.4, -0.2) is 84.1 Å². The molecule has 0 radical (unpaired) electrons. The molecular formula is C18H21N5O4. The van der Waals surface area contributed by atoms with Gasteiger partial charge in [0.2, 0.25) is 0 Å². The third-order valence-corrected chi connectivity index (χ3v) is 4.78. The average Bonchev–Trinajstić information content (AvgIpc) is 3.28. The van der Waals surface area contributed by atoms with Crippen molar-refractivity contribution in [3.05, 3.63) is 42.2 Å². The predicted molar refractivity (Wildman–Crippen MR) is 95.6 cm³/mol. The van der Waals surface area contributed by atoms with E-state index in [2.05, 4.69) is 14.9 Å². The molecular weight excluding hydrogens is 350 g/mol. The van der Waals surface area contributed by atoms with E-state index < -0.39 is 0 Å². The fourth-order valence-corrected chi connectivity index (χ4v) is 3.22. The molecule has 2 fully saturated rings. The Bertz CT molecular complexity index is 779. The van der Waals surface area contributed by atoms with Crippen LogP contribution in [0.15, 0.2) is 35.2 Å². The summed E-state index contributed by atoms with van der Waals surface area (Å²) in [5.41, 5.74) is 0.317. The number of carbonyl (C=O) groups excluding carboxylic acids is 2. The van der Waals surface area contributed by atoms with Crippen molar-refractivity contribution in [1.29, 1.82) is 0 Å². The summed E-state index contributed by atoms with van der Waals surface area (Å²) in [5, 5.41) is 0. The van der Waals surface area contributed by atoms with Crippen molar-refractivity contribution < 1.29 is 18.7 Å². The molecule has 0 bridgehead atoms. The third kappa shape index (κ3) is 3.77. The fourth-order valence-electron chi connectivity index (χ4n) is 3.22. The van der Waals surface area contributed by atoms with Crippen LogP contribution in [0.1, 0.15) is 21.0 Å². The van der Waals surface area contributed by atoms with E-state index in [9.17, 15) is 9.59 Å². The van der Waals surface area contributed by atoms with Crippen LogP contribution in [0.25, 0.3) is 0 Å². The van der Waals surface area contributed by atoms with E-state index in [1.165, 1.54) is 12.5 Å². The maximum atomic E-state index is 12.7. The molecule has 0 aliphatic carbocycles. The Kier molecular flexibility index (Phi) is 5.01. The molecule has 2 aliphatic rings. The number of furan rings is 1. The maximum Gasteiger partial charge on any atom is 0.289 e. The first-order valence-electron chi connectivity index (χ1n) is 8.99. The van der Waals surface area contributed by atoms with Crippen LogP contribution < -0.4 is 4.90 Å². The van der Waals surface area contributed by atoms with Crippen LogP contribution in [0.5, 0.6) is 0 Å². The lowest BCUT2D eigenvalue weighted by molar-refractivity contribution is 0.0515. The Morgan fingerprint density at radius 2 is 1.59 bits per heavy atom. The lowest BCUT2D eigenvalue weighted by atomic mass is 10.2. The number of rotatable bonds is 3. The predicted octanol–water partition coefficient (Wildman–Crippen LogP) is 0.504. The van der Waals surface area contributed by atoms with E-state index in [1.807, 2.05) is 0 Å². The minimum Gasteiger partial charge on any atom is -0.459 e. The topological polar surface area (TPSA) is 92.0 Å². The van der Waals surface area contributed by atoms with Gasteiger partial charge in [0.05, 0.1) is 31.9 Å². The summed E-state index contributed by atoms with van der Waals surface area (Å²) in [6.45, 7) is 4.72. The van der Waals surface area contributed by atoms with Crippen molar-refractivity contribution in [3.63, 3.8) is 0 Å². The van der Waals surface area contributed by atoms with Gasteiger partial charge in [0.25, 0.3) is 11.8 Å². The monoisotopic (exact) mass is 371 g/mol. The number of morpholine rings is 1.